The molecule has 0 radical (unpaired) electrons. The van der Waals surface area contributed by atoms with Crippen LogP contribution < -0.4 is 9.62 Å². The molecule has 0 fully saturated rings. The maximum Gasteiger partial charge on any atom is 0.244 e. The highest BCUT2D eigenvalue weighted by molar-refractivity contribution is 9.10. The molecule has 7 nitrogen and oxygen atoms in total. The van der Waals surface area contributed by atoms with E-state index in [4.69, 9.17) is 11.6 Å². The number of amides is 2. The highest BCUT2D eigenvalue weighted by Crippen LogP contribution is 2.28. The molecule has 2 aromatic rings. The predicted molar refractivity (Wildman–Crippen MR) is 122 cm³/mol. The molecule has 0 aliphatic heterocycles. The number of anilines is 1. The normalized spacial score (nSPS) is 12.2. The zero-order chi connectivity index (χ0) is 22.5. The number of likely N-dealkylation sites (N-methyl/N-ethyl adjacent to an activating group) is 1. The number of carbonyl (C=O) groups is 2. The van der Waals surface area contributed by atoms with Crippen LogP contribution in [-0.4, -0.2) is 51.0 Å². The van der Waals surface area contributed by atoms with E-state index in [9.17, 15) is 18.0 Å². The average Bonchev–Trinajstić information content (AvgIpc) is 2.70. The quantitative estimate of drug-likeness (QED) is 0.584. The Balaban J connectivity index is 2.38. The molecule has 0 aliphatic rings. The Morgan fingerprint density at radius 2 is 1.73 bits per heavy atom. The van der Waals surface area contributed by atoms with Crippen molar-refractivity contribution < 1.29 is 18.0 Å². The minimum absolute atomic E-state index is 0.123. The van der Waals surface area contributed by atoms with Gasteiger partial charge in [0.05, 0.1) is 11.9 Å². The molecule has 30 heavy (non-hydrogen) atoms. The fourth-order valence-corrected chi connectivity index (χ4v) is 4.43. The van der Waals surface area contributed by atoms with Gasteiger partial charge in [0.2, 0.25) is 21.8 Å². The summed E-state index contributed by atoms with van der Waals surface area (Å²) in [6.07, 6.45) is 1.03. The van der Waals surface area contributed by atoms with Gasteiger partial charge in [-0.05, 0) is 52.7 Å². The summed E-state index contributed by atoms with van der Waals surface area (Å²) in [6, 6.07) is 12.8. The van der Waals surface area contributed by atoms with Crippen molar-refractivity contribution >= 4 is 55.1 Å². The van der Waals surface area contributed by atoms with Gasteiger partial charge in [0.1, 0.15) is 12.6 Å². The molecule has 1 N–H and O–H groups in total. The SMILES string of the molecule is CNC(=O)[C@@H](C)N(Cc1ccc(Cl)cc1)C(=O)CN(c1ccccc1Br)S(C)(=O)=O. The van der Waals surface area contributed by atoms with E-state index in [1.165, 1.54) is 11.9 Å². The predicted octanol–water partition coefficient (Wildman–Crippen LogP) is 3.03. The van der Waals surface area contributed by atoms with Gasteiger partial charge in [0, 0.05) is 23.1 Å². The number of nitrogens with one attached hydrogen (secondary N) is 1. The Bertz CT molecular complexity index is 1010. The molecule has 0 bridgehead atoms. The van der Waals surface area contributed by atoms with Crippen molar-refractivity contribution in [3.05, 3.63) is 63.6 Å². The number of rotatable bonds is 8. The molecule has 0 unspecified atom stereocenters. The standard InChI is InChI=1S/C20H23BrClN3O4S/c1-14(20(27)23-2)24(12-15-8-10-16(22)11-9-15)19(26)13-25(30(3,28)29)18-7-5-4-6-17(18)21/h4-11,14H,12-13H2,1-3H3,(H,23,27)/t14-/m1/s1. The van der Waals surface area contributed by atoms with Crippen LogP contribution in [0, 0.1) is 0 Å². The first kappa shape index (κ1) is 24.2. The largest absolute Gasteiger partial charge is 0.357 e. The lowest BCUT2D eigenvalue weighted by Crippen LogP contribution is -2.50. The molecule has 2 aromatic carbocycles. The molecule has 2 rings (SSSR count). The monoisotopic (exact) mass is 515 g/mol. The number of sulfonamides is 1. The maximum atomic E-state index is 13.2. The summed E-state index contributed by atoms with van der Waals surface area (Å²) >= 11 is 9.26. The minimum Gasteiger partial charge on any atom is -0.357 e. The molecule has 0 saturated carbocycles. The van der Waals surface area contributed by atoms with E-state index in [2.05, 4.69) is 21.2 Å². The van der Waals surface area contributed by atoms with Crippen molar-refractivity contribution in [3.63, 3.8) is 0 Å². The van der Waals surface area contributed by atoms with Crippen molar-refractivity contribution in [1.29, 1.82) is 0 Å². The van der Waals surface area contributed by atoms with Gasteiger partial charge in [-0.1, -0.05) is 35.9 Å². The third kappa shape index (κ3) is 6.20. The second-order valence-electron chi connectivity index (χ2n) is 6.66. The summed E-state index contributed by atoms with van der Waals surface area (Å²) < 4.78 is 26.4. The van der Waals surface area contributed by atoms with Gasteiger partial charge in [0.15, 0.2) is 0 Å². The topological polar surface area (TPSA) is 86.8 Å². The van der Waals surface area contributed by atoms with Gasteiger partial charge < -0.3 is 10.2 Å². The Hall–Kier alpha value is -2.10. The third-order valence-corrected chi connectivity index (χ3v) is 6.53. The highest BCUT2D eigenvalue weighted by atomic mass is 79.9. The summed E-state index contributed by atoms with van der Waals surface area (Å²) in [5.41, 5.74) is 1.10. The summed E-state index contributed by atoms with van der Waals surface area (Å²) in [5.74, 6) is -0.869. The Morgan fingerprint density at radius 1 is 1.13 bits per heavy atom. The number of nitrogens with zero attached hydrogens (tertiary/aromatic N) is 2. The van der Waals surface area contributed by atoms with Crippen LogP contribution in [0.1, 0.15) is 12.5 Å². The van der Waals surface area contributed by atoms with Crippen LogP contribution in [0.2, 0.25) is 5.02 Å². The molecule has 0 saturated heterocycles. The van der Waals surface area contributed by atoms with Crippen LogP contribution >= 0.6 is 27.5 Å². The lowest BCUT2D eigenvalue weighted by molar-refractivity contribution is -0.139. The van der Waals surface area contributed by atoms with Gasteiger partial charge in [-0.2, -0.15) is 0 Å². The number of carbonyl (C=O) groups excluding carboxylic acids is 2. The average molecular weight is 517 g/mol. The fraction of sp³-hybridized carbons (Fsp3) is 0.300. The highest BCUT2D eigenvalue weighted by Gasteiger charge is 2.30. The lowest BCUT2D eigenvalue weighted by Gasteiger charge is -2.31. The summed E-state index contributed by atoms with van der Waals surface area (Å²) in [5, 5.41) is 3.08. The molecular formula is C20H23BrClN3O4S. The lowest BCUT2D eigenvalue weighted by atomic mass is 10.1. The van der Waals surface area contributed by atoms with E-state index in [-0.39, 0.29) is 12.5 Å². The van der Waals surface area contributed by atoms with Crippen molar-refractivity contribution in [2.75, 3.05) is 24.2 Å². The summed E-state index contributed by atoms with van der Waals surface area (Å²) in [4.78, 5) is 26.8. The second kappa shape index (κ2) is 10.3. The van der Waals surface area contributed by atoms with Crippen LogP contribution in [0.15, 0.2) is 53.0 Å². The third-order valence-electron chi connectivity index (χ3n) is 4.48. The van der Waals surface area contributed by atoms with Crippen molar-refractivity contribution in [2.24, 2.45) is 0 Å². The van der Waals surface area contributed by atoms with E-state index >= 15 is 0 Å². The number of benzene rings is 2. The van der Waals surface area contributed by atoms with Gasteiger partial charge in [0.25, 0.3) is 0 Å². The van der Waals surface area contributed by atoms with Crippen LogP contribution in [0.25, 0.3) is 0 Å². The van der Waals surface area contributed by atoms with E-state index in [1.807, 2.05) is 0 Å². The Labute approximate surface area is 190 Å². The first-order valence-corrected chi connectivity index (χ1v) is 12.0. The second-order valence-corrected chi connectivity index (χ2v) is 9.86. The van der Waals surface area contributed by atoms with E-state index < -0.39 is 28.5 Å². The maximum absolute atomic E-state index is 13.2. The Kier molecular flexibility index (Phi) is 8.28. The first-order chi connectivity index (χ1) is 14.0. The van der Waals surface area contributed by atoms with E-state index in [1.54, 1.807) is 55.5 Å². The van der Waals surface area contributed by atoms with Crippen LogP contribution in [0.3, 0.4) is 0 Å². The molecule has 162 valence electrons. The van der Waals surface area contributed by atoms with Crippen molar-refractivity contribution in [3.8, 4) is 0 Å². The smallest absolute Gasteiger partial charge is 0.244 e. The molecule has 1 atom stereocenters. The Morgan fingerprint density at radius 3 is 2.27 bits per heavy atom. The molecular weight excluding hydrogens is 494 g/mol. The van der Waals surface area contributed by atoms with E-state index in [0.717, 1.165) is 16.1 Å². The zero-order valence-electron chi connectivity index (χ0n) is 16.8. The minimum atomic E-state index is -3.76. The van der Waals surface area contributed by atoms with Crippen LogP contribution in [-0.2, 0) is 26.2 Å². The first-order valence-electron chi connectivity index (χ1n) is 9.02. The van der Waals surface area contributed by atoms with Gasteiger partial charge in [-0.25, -0.2) is 8.42 Å². The number of halogens is 2. The zero-order valence-corrected chi connectivity index (χ0v) is 20.0. The van der Waals surface area contributed by atoms with Gasteiger partial charge >= 0.3 is 0 Å². The molecule has 0 aromatic heterocycles. The van der Waals surface area contributed by atoms with Crippen LogP contribution in [0.5, 0.6) is 0 Å². The molecule has 0 spiro atoms. The number of para-hydroxylation sites is 1. The fourth-order valence-electron chi connectivity index (χ4n) is 2.83. The van der Waals surface area contributed by atoms with Crippen molar-refractivity contribution in [1.82, 2.24) is 10.2 Å². The summed E-state index contributed by atoms with van der Waals surface area (Å²) in [6.45, 7) is 1.27. The number of hydrogen-bond donors (Lipinski definition) is 1. The van der Waals surface area contributed by atoms with Crippen LogP contribution in [0.4, 0.5) is 5.69 Å². The van der Waals surface area contributed by atoms with Gasteiger partial charge in [-0.3, -0.25) is 13.9 Å². The number of hydrogen-bond acceptors (Lipinski definition) is 4. The molecule has 0 heterocycles. The van der Waals surface area contributed by atoms with E-state index in [0.29, 0.717) is 15.2 Å². The van der Waals surface area contributed by atoms with Gasteiger partial charge in [-0.15, -0.1) is 0 Å². The summed E-state index contributed by atoms with van der Waals surface area (Å²) in [7, 11) is -2.28. The molecule has 10 heteroatoms. The molecule has 2 amide bonds. The van der Waals surface area contributed by atoms with Crippen molar-refractivity contribution in [2.45, 2.75) is 19.5 Å². The molecule has 0 aliphatic carbocycles.